The number of aliphatic carboxylic acids is 1. The van der Waals surface area contributed by atoms with E-state index in [-0.39, 0.29) is 10.6 Å². The van der Waals surface area contributed by atoms with Gasteiger partial charge in [-0.3, -0.25) is 4.79 Å². The van der Waals surface area contributed by atoms with Crippen molar-refractivity contribution in [2.75, 3.05) is 0 Å². The number of carbonyl (C=O) groups is 1. The monoisotopic (exact) mass is 377 g/mol. The van der Waals surface area contributed by atoms with E-state index in [1.807, 2.05) is 6.07 Å². The molecule has 1 atom stereocenters. The molecule has 0 spiro atoms. The van der Waals surface area contributed by atoms with Gasteiger partial charge < -0.3 is 5.11 Å². The van der Waals surface area contributed by atoms with E-state index >= 15 is 0 Å². The minimum absolute atomic E-state index is 0.0392. The number of carboxylic acids is 1. The Balaban J connectivity index is 1.80. The van der Waals surface area contributed by atoms with E-state index in [0.717, 1.165) is 16.9 Å². The first-order valence-electron chi connectivity index (χ1n) is 7.34. The summed E-state index contributed by atoms with van der Waals surface area (Å²) in [5.41, 5.74) is 0.737. The summed E-state index contributed by atoms with van der Waals surface area (Å²) in [7, 11) is -3.95. The summed E-state index contributed by atoms with van der Waals surface area (Å²) in [6, 6.07) is 12.4. The van der Waals surface area contributed by atoms with E-state index in [2.05, 4.69) is 9.82 Å². The molecule has 0 amide bonds. The van der Waals surface area contributed by atoms with Crippen molar-refractivity contribution < 1.29 is 18.3 Å². The van der Waals surface area contributed by atoms with E-state index in [1.54, 1.807) is 53.5 Å². The van der Waals surface area contributed by atoms with Gasteiger partial charge in [0.2, 0.25) is 0 Å². The first-order chi connectivity index (χ1) is 12.0. The minimum Gasteiger partial charge on any atom is -0.480 e. The molecule has 130 valence electrons. The maximum atomic E-state index is 12.5. The van der Waals surface area contributed by atoms with Gasteiger partial charge in [0.1, 0.15) is 15.3 Å². The Morgan fingerprint density at radius 2 is 1.96 bits per heavy atom. The van der Waals surface area contributed by atoms with Crippen LogP contribution in [0.4, 0.5) is 0 Å². The van der Waals surface area contributed by atoms with E-state index < -0.39 is 22.0 Å². The Labute approximate surface area is 148 Å². The van der Waals surface area contributed by atoms with E-state index in [9.17, 15) is 18.3 Å². The van der Waals surface area contributed by atoms with Gasteiger partial charge in [-0.05, 0) is 30.2 Å². The van der Waals surface area contributed by atoms with Crippen LogP contribution in [0.5, 0.6) is 0 Å². The third-order valence-electron chi connectivity index (χ3n) is 3.44. The highest BCUT2D eigenvalue weighted by atomic mass is 32.2. The molecule has 9 heteroatoms. The highest BCUT2D eigenvalue weighted by molar-refractivity contribution is 7.91. The Kier molecular flexibility index (Phi) is 4.98. The van der Waals surface area contributed by atoms with Crippen molar-refractivity contribution in [3.63, 3.8) is 0 Å². The molecule has 1 aromatic carbocycles. The molecular weight excluding hydrogens is 362 g/mol. The fourth-order valence-electron chi connectivity index (χ4n) is 2.25. The van der Waals surface area contributed by atoms with Crippen molar-refractivity contribution in [1.29, 1.82) is 0 Å². The molecule has 0 aliphatic carbocycles. The molecule has 0 aliphatic heterocycles. The van der Waals surface area contributed by atoms with Crippen LogP contribution in [0, 0.1) is 0 Å². The van der Waals surface area contributed by atoms with Gasteiger partial charge in [0, 0.05) is 12.4 Å². The molecule has 0 saturated carbocycles. The van der Waals surface area contributed by atoms with Gasteiger partial charge in [0.25, 0.3) is 10.0 Å². The predicted molar refractivity (Wildman–Crippen MR) is 93.3 cm³/mol. The van der Waals surface area contributed by atoms with Crippen LogP contribution in [0.3, 0.4) is 0 Å². The largest absolute Gasteiger partial charge is 0.480 e. The summed E-state index contributed by atoms with van der Waals surface area (Å²) in [5.74, 6) is -1.23. The zero-order valence-electron chi connectivity index (χ0n) is 12.9. The fourth-order valence-corrected chi connectivity index (χ4v) is 4.69. The second-order valence-electron chi connectivity index (χ2n) is 5.25. The van der Waals surface area contributed by atoms with Crippen LogP contribution in [-0.4, -0.2) is 35.3 Å². The van der Waals surface area contributed by atoms with Crippen LogP contribution in [0.15, 0.2) is 65.1 Å². The standard InChI is InChI=1S/C16H15N3O4S2/c20-16(21)13(11-12-5-2-1-3-6-12)18-25(22,23)15-8-7-14(24-15)19-10-4-9-17-19/h1-10,13,18H,11H2,(H,20,21). The highest BCUT2D eigenvalue weighted by Gasteiger charge is 2.27. The molecule has 2 N–H and O–H groups in total. The third kappa shape index (κ3) is 4.13. The molecule has 25 heavy (non-hydrogen) atoms. The number of hydrogen-bond donors (Lipinski definition) is 2. The average Bonchev–Trinajstić information content (AvgIpc) is 3.26. The zero-order valence-corrected chi connectivity index (χ0v) is 14.6. The second-order valence-corrected chi connectivity index (χ2v) is 8.25. The first kappa shape index (κ1) is 17.3. The fraction of sp³-hybridized carbons (Fsp3) is 0.125. The van der Waals surface area contributed by atoms with Gasteiger partial charge >= 0.3 is 5.97 Å². The van der Waals surface area contributed by atoms with Crippen LogP contribution in [0.2, 0.25) is 0 Å². The molecule has 3 rings (SSSR count). The molecule has 2 aromatic heterocycles. The predicted octanol–water partition coefficient (Wildman–Crippen LogP) is 1.91. The lowest BCUT2D eigenvalue weighted by Gasteiger charge is -2.14. The first-order valence-corrected chi connectivity index (χ1v) is 9.64. The number of nitrogens with zero attached hydrogens (tertiary/aromatic N) is 2. The molecule has 7 nitrogen and oxygen atoms in total. The molecule has 1 unspecified atom stereocenters. The molecule has 0 aliphatic rings. The van der Waals surface area contributed by atoms with Gasteiger partial charge in [0.15, 0.2) is 0 Å². The lowest BCUT2D eigenvalue weighted by atomic mass is 10.1. The van der Waals surface area contributed by atoms with Crippen LogP contribution in [0.25, 0.3) is 5.00 Å². The quantitative estimate of drug-likeness (QED) is 0.655. The number of thiophene rings is 1. The molecule has 0 bridgehead atoms. The number of aromatic nitrogens is 2. The summed E-state index contributed by atoms with van der Waals surface area (Å²) >= 11 is 1.01. The van der Waals surface area contributed by atoms with Crippen molar-refractivity contribution >= 4 is 27.3 Å². The second kappa shape index (κ2) is 7.18. The van der Waals surface area contributed by atoms with Crippen molar-refractivity contribution in [2.45, 2.75) is 16.7 Å². The maximum Gasteiger partial charge on any atom is 0.322 e. The zero-order chi connectivity index (χ0) is 17.9. The molecule has 3 aromatic rings. The summed E-state index contributed by atoms with van der Waals surface area (Å²) in [6.45, 7) is 0. The van der Waals surface area contributed by atoms with Crippen molar-refractivity contribution in [2.24, 2.45) is 0 Å². The average molecular weight is 377 g/mol. The molecule has 0 saturated heterocycles. The summed E-state index contributed by atoms with van der Waals surface area (Å²) < 4.78 is 28.9. The van der Waals surface area contributed by atoms with Gasteiger partial charge in [-0.1, -0.05) is 30.3 Å². The SMILES string of the molecule is O=C(O)C(Cc1ccccc1)NS(=O)(=O)c1ccc(-n2cccn2)s1. The summed E-state index contributed by atoms with van der Waals surface area (Å²) in [4.78, 5) is 11.5. The molecule has 0 fully saturated rings. The van der Waals surface area contributed by atoms with E-state index in [0.29, 0.717) is 5.00 Å². The van der Waals surface area contributed by atoms with Crippen LogP contribution < -0.4 is 4.72 Å². The number of rotatable bonds is 7. The highest BCUT2D eigenvalue weighted by Crippen LogP contribution is 2.24. The van der Waals surface area contributed by atoms with Crippen molar-refractivity contribution in [3.05, 3.63) is 66.5 Å². The number of hydrogen-bond acceptors (Lipinski definition) is 5. The van der Waals surface area contributed by atoms with Crippen LogP contribution >= 0.6 is 11.3 Å². The summed E-state index contributed by atoms with van der Waals surface area (Å²) in [5, 5.41) is 14.0. The van der Waals surface area contributed by atoms with Gasteiger partial charge in [-0.2, -0.15) is 9.82 Å². The molecule has 0 radical (unpaired) electrons. The normalized spacial score (nSPS) is 12.8. The van der Waals surface area contributed by atoms with Gasteiger partial charge in [0.05, 0.1) is 0 Å². The number of benzene rings is 1. The maximum absolute atomic E-state index is 12.5. The summed E-state index contributed by atoms with van der Waals surface area (Å²) in [6.07, 6.45) is 3.35. The lowest BCUT2D eigenvalue weighted by molar-refractivity contribution is -0.138. The number of nitrogens with one attached hydrogen (secondary N) is 1. The van der Waals surface area contributed by atoms with E-state index in [4.69, 9.17) is 0 Å². The Morgan fingerprint density at radius 1 is 1.20 bits per heavy atom. The van der Waals surface area contributed by atoms with Crippen molar-refractivity contribution in [1.82, 2.24) is 14.5 Å². The third-order valence-corrected chi connectivity index (χ3v) is 6.48. The van der Waals surface area contributed by atoms with Gasteiger partial charge in [-0.25, -0.2) is 13.1 Å². The molecular formula is C16H15N3O4S2. The van der Waals surface area contributed by atoms with Crippen molar-refractivity contribution in [3.8, 4) is 5.00 Å². The minimum atomic E-state index is -3.95. The Morgan fingerprint density at radius 3 is 2.60 bits per heavy atom. The van der Waals surface area contributed by atoms with E-state index in [1.165, 1.54) is 6.07 Å². The van der Waals surface area contributed by atoms with Crippen LogP contribution in [0.1, 0.15) is 5.56 Å². The molecule has 2 heterocycles. The lowest BCUT2D eigenvalue weighted by Crippen LogP contribution is -2.42. The topological polar surface area (TPSA) is 101 Å². The van der Waals surface area contributed by atoms with Gasteiger partial charge in [-0.15, -0.1) is 11.3 Å². The Bertz CT molecular complexity index is 950. The smallest absolute Gasteiger partial charge is 0.322 e. The van der Waals surface area contributed by atoms with Crippen LogP contribution in [-0.2, 0) is 21.2 Å². The Hall–Kier alpha value is -2.49. The number of carboxylic acid groups (broad SMARTS) is 1. The number of sulfonamides is 1.